The maximum atomic E-state index is 6.16. The highest BCUT2D eigenvalue weighted by Crippen LogP contribution is 2.56. The molecular weight excluding hydrogens is 404 g/mol. The summed E-state index contributed by atoms with van der Waals surface area (Å²) in [7, 11) is 0. The van der Waals surface area contributed by atoms with Gasteiger partial charge in [0.15, 0.2) is 5.76 Å². The van der Waals surface area contributed by atoms with E-state index in [1.807, 2.05) is 37.0 Å². The minimum absolute atomic E-state index is 0.178. The quantitative estimate of drug-likeness (QED) is 0.573. The third-order valence-corrected chi connectivity index (χ3v) is 7.51. The Morgan fingerprint density at radius 1 is 1.17 bits per heavy atom. The number of aryl methyl sites for hydroxylation is 1. The predicted octanol–water partition coefficient (Wildman–Crippen LogP) is 5.84. The largest absolute Gasteiger partial charge is 0.358 e. The summed E-state index contributed by atoms with van der Waals surface area (Å²) in [5, 5.41) is 5.26. The number of aromatic nitrogens is 3. The first-order valence-corrected chi connectivity index (χ1v) is 10.9. The molecule has 0 spiro atoms. The zero-order valence-corrected chi connectivity index (χ0v) is 18.0. The summed E-state index contributed by atoms with van der Waals surface area (Å²) in [5.41, 5.74) is 5.66. The summed E-state index contributed by atoms with van der Waals surface area (Å²) in [6, 6.07) is 7.80. The first kappa shape index (κ1) is 18.7. The number of imidazole rings is 1. The van der Waals surface area contributed by atoms with Crippen LogP contribution in [-0.4, -0.2) is 20.8 Å². The van der Waals surface area contributed by atoms with E-state index in [1.165, 1.54) is 16.0 Å². The van der Waals surface area contributed by atoms with Crippen LogP contribution in [0.15, 0.2) is 56.7 Å². The highest BCUT2D eigenvalue weighted by molar-refractivity contribution is 8.03. The Labute approximate surface area is 178 Å². The topological polar surface area (TPSA) is 67.1 Å². The van der Waals surface area contributed by atoms with Crippen molar-refractivity contribution in [3.05, 3.63) is 80.6 Å². The van der Waals surface area contributed by atoms with Crippen LogP contribution in [0.5, 0.6) is 0 Å². The number of aliphatic imine (C=N–C) groups is 1. The van der Waals surface area contributed by atoms with Gasteiger partial charge in [-0.25, -0.2) is 4.98 Å². The van der Waals surface area contributed by atoms with Gasteiger partial charge in [-0.2, -0.15) is 0 Å². The Kier molecular flexibility index (Phi) is 4.63. The maximum absolute atomic E-state index is 6.16. The number of benzene rings is 1. The van der Waals surface area contributed by atoms with Crippen molar-refractivity contribution < 1.29 is 4.52 Å². The van der Waals surface area contributed by atoms with Gasteiger partial charge in [-0.3, -0.25) is 4.99 Å². The van der Waals surface area contributed by atoms with Gasteiger partial charge < -0.3 is 9.51 Å². The number of aromatic amines is 1. The first-order valence-electron chi connectivity index (χ1n) is 9.65. The molecule has 1 N–H and O–H groups in total. The summed E-state index contributed by atoms with van der Waals surface area (Å²) in [5.74, 6) is 1.92. The zero-order chi connectivity index (χ0) is 20.1. The van der Waals surface area contributed by atoms with E-state index < -0.39 is 0 Å². The fourth-order valence-corrected chi connectivity index (χ4v) is 5.96. The molecule has 7 heteroatoms. The van der Waals surface area contributed by atoms with Crippen LogP contribution in [0, 0.1) is 12.8 Å². The molecule has 0 fully saturated rings. The van der Waals surface area contributed by atoms with Gasteiger partial charge >= 0.3 is 0 Å². The highest BCUT2D eigenvalue weighted by atomic mass is 35.5. The molecule has 0 radical (unpaired) electrons. The van der Waals surface area contributed by atoms with E-state index >= 15 is 0 Å². The molecule has 2 aliphatic rings. The third-order valence-electron chi connectivity index (χ3n) is 5.82. The smallest absolute Gasteiger partial charge is 0.166 e. The van der Waals surface area contributed by atoms with Crippen LogP contribution in [-0.2, 0) is 6.42 Å². The van der Waals surface area contributed by atoms with Gasteiger partial charge in [0.2, 0.25) is 0 Å². The maximum Gasteiger partial charge on any atom is 0.166 e. The van der Waals surface area contributed by atoms with Crippen molar-refractivity contribution in [3.8, 4) is 0 Å². The number of allylic oxidation sites excluding steroid dienone is 2. The number of fused-ring (bicyclic) bond motifs is 3. The van der Waals surface area contributed by atoms with Gasteiger partial charge in [0.1, 0.15) is 11.9 Å². The Morgan fingerprint density at radius 3 is 2.69 bits per heavy atom. The average molecular weight is 425 g/mol. The van der Waals surface area contributed by atoms with Crippen molar-refractivity contribution in [1.82, 2.24) is 15.1 Å². The van der Waals surface area contributed by atoms with E-state index in [9.17, 15) is 0 Å². The lowest BCUT2D eigenvalue weighted by atomic mass is 9.85. The van der Waals surface area contributed by atoms with Crippen molar-refractivity contribution in [3.63, 3.8) is 0 Å². The minimum Gasteiger partial charge on any atom is -0.358 e. The number of nitrogens with zero attached hydrogens (tertiary/aromatic N) is 3. The average Bonchev–Trinajstić information content (AvgIpc) is 3.39. The fourth-order valence-electron chi connectivity index (χ4n) is 4.26. The second-order valence-corrected chi connectivity index (χ2v) is 9.37. The molecule has 0 amide bonds. The predicted molar refractivity (Wildman–Crippen MR) is 116 cm³/mol. The van der Waals surface area contributed by atoms with Gasteiger partial charge in [0.25, 0.3) is 0 Å². The molecule has 0 saturated carbocycles. The standard InChI is InChI=1S/C22H21ClN4OS/c1-11-13(3)29-22-18(11)20(14-4-6-15(23)7-5-14)26-16(10-17-24-8-9-25-17)21-19(22)12(2)27-28-21/h4-9,16,18,22H,10H2,1-3H3,(H,24,25)/t16-,18?,22?/m0/s1. The van der Waals surface area contributed by atoms with Crippen LogP contribution in [0.25, 0.3) is 0 Å². The number of hydrogen-bond acceptors (Lipinski definition) is 5. The number of hydrogen-bond donors (Lipinski definition) is 1. The minimum atomic E-state index is -0.178. The first-order chi connectivity index (χ1) is 14.0. The Hall–Kier alpha value is -2.31. The van der Waals surface area contributed by atoms with Crippen LogP contribution in [0.1, 0.15) is 53.5 Å². The lowest BCUT2D eigenvalue weighted by Crippen LogP contribution is -2.20. The van der Waals surface area contributed by atoms with Gasteiger partial charge in [0.05, 0.1) is 16.7 Å². The Balaban J connectivity index is 1.71. The molecule has 5 rings (SSSR count). The second kappa shape index (κ2) is 7.18. The summed E-state index contributed by atoms with van der Waals surface area (Å²) >= 11 is 8.05. The molecule has 2 unspecified atom stereocenters. The molecule has 29 heavy (non-hydrogen) atoms. The van der Waals surface area contributed by atoms with Crippen molar-refractivity contribution in [2.45, 2.75) is 38.5 Å². The van der Waals surface area contributed by atoms with E-state index in [1.54, 1.807) is 6.20 Å². The molecule has 2 aromatic heterocycles. The van der Waals surface area contributed by atoms with Crippen molar-refractivity contribution in [2.75, 3.05) is 0 Å². The molecule has 2 aliphatic heterocycles. The third kappa shape index (κ3) is 3.15. The fraction of sp³-hybridized carbons (Fsp3) is 0.318. The van der Waals surface area contributed by atoms with Crippen molar-refractivity contribution in [1.29, 1.82) is 0 Å². The van der Waals surface area contributed by atoms with Crippen molar-refractivity contribution >= 4 is 29.1 Å². The van der Waals surface area contributed by atoms with Crippen LogP contribution in [0.3, 0.4) is 0 Å². The summed E-state index contributed by atoms with van der Waals surface area (Å²) in [6.07, 6.45) is 4.24. The van der Waals surface area contributed by atoms with E-state index in [2.05, 4.69) is 41.1 Å². The molecule has 3 aromatic rings. The molecule has 1 aromatic carbocycles. The van der Waals surface area contributed by atoms with Crippen LogP contribution < -0.4 is 0 Å². The summed E-state index contributed by atoms with van der Waals surface area (Å²) in [6.45, 7) is 6.44. The van der Waals surface area contributed by atoms with Crippen molar-refractivity contribution in [2.24, 2.45) is 10.9 Å². The molecule has 0 aliphatic carbocycles. The molecule has 3 atom stereocenters. The van der Waals surface area contributed by atoms with Crippen LogP contribution in [0.2, 0.25) is 5.02 Å². The SMILES string of the molecule is CC1=C(C)C2C(c3ccc(Cl)cc3)=N[C@@H](Cc3ncc[nH]3)c3onc(C)c3C2S1. The lowest BCUT2D eigenvalue weighted by molar-refractivity contribution is 0.356. The van der Waals surface area contributed by atoms with Gasteiger partial charge in [-0.1, -0.05) is 34.5 Å². The van der Waals surface area contributed by atoms with Gasteiger partial charge in [0, 0.05) is 35.3 Å². The summed E-state index contributed by atoms with van der Waals surface area (Å²) < 4.78 is 5.86. The van der Waals surface area contributed by atoms with Gasteiger partial charge in [-0.15, -0.1) is 11.8 Å². The van der Waals surface area contributed by atoms with E-state index in [0.717, 1.165) is 33.6 Å². The number of nitrogens with one attached hydrogen (secondary N) is 1. The van der Waals surface area contributed by atoms with Gasteiger partial charge in [-0.05, 0) is 43.4 Å². The Bertz CT molecular complexity index is 1110. The molecule has 0 saturated heterocycles. The Morgan fingerprint density at radius 2 is 1.97 bits per heavy atom. The van der Waals surface area contributed by atoms with E-state index in [0.29, 0.717) is 6.42 Å². The number of H-pyrrole nitrogens is 1. The van der Waals surface area contributed by atoms with Crippen LogP contribution >= 0.6 is 23.4 Å². The molecule has 148 valence electrons. The molecule has 5 nitrogen and oxygen atoms in total. The van der Waals surface area contributed by atoms with E-state index in [-0.39, 0.29) is 17.2 Å². The number of halogens is 1. The highest BCUT2D eigenvalue weighted by Gasteiger charge is 2.44. The zero-order valence-electron chi connectivity index (χ0n) is 16.4. The van der Waals surface area contributed by atoms with Crippen LogP contribution in [0.4, 0.5) is 0 Å². The summed E-state index contributed by atoms with van der Waals surface area (Å²) in [4.78, 5) is 14.2. The molecular formula is C22H21ClN4OS. The van der Waals surface area contributed by atoms with E-state index in [4.69, 9.17) is 21.1 Å². The monoisotopic (exact) mass is 424 g/mol. The number of rotatable bonds is 3. The second-order valence-electron chi connectivity index (χ2n) is 7.58. The lowest BCUT2D eigenvalue weighted by Gasteiger charge is -2.21. The number of thioether (sulfide) groups is 1. The normalized spacial score (nSPS) is 23.6. The molecule has 4 heterocycles. The molecule has 0 bridgehead atoms.